The van der Waals surface area contributed by atoms with Gasteiger partial charge in [-0.25, -0.2) is 9.97 Å². The highest BCUT2D eigenvalue weighted by Gasteiger charge is 2.19. The van der Waals surface area contributed by atoms with Crippen LogP contribution in [0.1, 0.15) is 12.8 Å². The normalized spacial score (nSPS) is 14.8. The summed E-state index contributed by atoms with van der Waals surface area (Å²) < 4.78 is 12.7. The molecule has 0 bridgehead atoms. The highest BCUT2D eigenvalue weighted by molar-refractivity contribution is 9.10. The fourth-order valence-electron chi connectivity index (χ4n) is 3.70. The Morgan fingerprint density at radius 1 is 1.16 bits per heavy atom. The zero-order chi connectivity index (χ0) is 22.5. The number of methoxy groups -OCH3 is 1. The molecule has 1 aliphatic heterocycles. The summed E-state index contributed by atoms with van der Waals surface area (Å²) in [7, 11) is 3.80. The minimum atomic E-state index is 0.429. The van der Waals surface area contributed by atoms with E-state index in [0.717, 1.165) is 47.0 Å². The van der Waals surface area contributed by atoms with Gasteiger partial charge in [0, 0.05) is 15.9 Å². The number of halogens is 1. The number of aromatic nitrogens is 2. The van der Waals surface area contributed by atoms with Crippen molar-refractivity contribution < 1.29 is 9.47 Å². The molecule has 0 spiro atoms. The number of rotatable bonds is 6. The van der Waals surface area contributed by atoms with E-state index in [0.29, 0.717) is 35.0 Å². The molecule has 9 heteroatoms. The predicted molar refractivity (Wildman–Crippen MR) is 136 cm³/mol. The van der Waals surface area contributed by atoms with E-state index in [1.54, 1.807) is 7.11 Å². The van der Waals surface area contributed by atoms with Gasteiger partial charge in [0.2, 0.25) is 0 Å². The minimum absolute atomic E-state index is 0.429. The van der Waals surface area contributed by atoms with Gasteiger partial charge < -0.3 is 25.0 Å². The van der Waals surface area contributed by atoms with Crippen molar-refractivity contribution in [3.63, 3.8) is 0 Å². The Kier molecular flexibility index (Phi) is 7.39. The number of likely N-dealkylation sites (tertiary alicyclic amines) is 1. The summed E-state index contributed by atoms with van der Waals surface area (Å²) >= 11 is 9.00. The molecule has 0 amide bonds. The Labute approximate surface area is 201 Å². The summed E-state index contributed by atoms with van der Waals surface area (Å²) in [5, 5.41) is 7.57. The van der Waals surface area contributed by atoms with E-state index in [1.807, 2.05) is 36.4 Å². The molecular formula is C23H26BrN5O2S. The van der Waals surface area contributed by atoms with Crippen LogP contribution >= 0.6 is 28.1 Å². The highest BCUT2D eigenvalue weighted by atomic mass is 79.9. The first kappa shape index (κ1) is 22.7. The third-order valence-electron chi connectivity index (χ3n) is 5.59. The van der Waals surface area contributed by atoms with E-state index in [9.17, 15) is 0 Å². The quantitative estimate of drug-likeness (QED) is 0.447. The van der Waals surface area contributed by atoms with Gasteiger partial charge in [-0.2, -0.15) is 0 Å². The molecule has 1 aliphatic rings. The van der Waals surface area contributed by atoms with E-state index in [2.05, 4.69) is 48.5 Å². The Morgan fingerprint density at radius 2 is 1.94 bits per heavy atom. The summed E-state index contributed by atoms with van der Waals surface area (Å²) in [5.41, 5.74) is 1.62. The second-order valence-electron chi connectivity index (χ2n) is 7.86. The maximum atomic E-state index is 6.16. The van der Waals surface area contributed by atoms with Gasteiger partial charge in [0.15, 0.2) is 16.6 Å². The lowest BCUT2D eigenvalue weighted by Gasteiger charge is -2.28. The van der Waals surface area contributed by atoms with Crippen LogP contribution < -0.4 is 20.1 Å². The second-order valence-corrected chi connectivity index (χ2v) is 9.12. The number of nitrogens with zero attached hydrogens (tertiary/aromatic N) is 3. The molecule has 2 N–H and O–H groups in total. The molecule has 1 saturated heterocycles. The molecule has 0 saturated carbocycles. The van der Waals surface area contributed by atoms with Gasteiger partial charge in [-0.1, -0.05) is 12.1 Å². The average Bonchev–Trinajstić information content (AvgIpc) is 2.80. The number of benzene rings is 2. The number of para-hydroxylation sites is 1. The Hall–Kier alpha value is -2.49. The second kappa shape index (κ2) is 10.4. The fourth-order valence-corrected chi connectivity index (χ4v) is 4.29. The Bertz CT molecular complexity index is 1100. The standard InChI is InChI=1S/C23H26BrN5O2S/c1-29-9-7-15(8-10-29)13-31-21-12-19-16(11-20(21)30-2)22(26-14-25-19)28-23(32)27-18-6-4-3-5-17(18)24/h3-6,11-12,14-15H,7-10,13H2,1-2H3,(H2,25,26,27,28,32). The van der Waals surface area contributed by atoms with Gasteiger partial charge in [0.1, 0.15) is 12.1 Å². The van der Waals surface area contributed by atoms with Crippen molar-refractivity contribution >= 4 is 55.7 Å². The molecule has 0 radical (unpaired) electrons. The lowest BCUT2D eigenvalue weighted by atomic mass is 9.98. The number of nitrogens with one attached hydrogen (secondary N) is 2. The van der Waals surface area contributed by atoms with E-state index >= 15 is 0 Å². The number of hydrogen-bond donors (Lipinski definition) is 2. The summed E-state index contributed by atoms with van der Waals surface area (Å²) in [6.45, 7) is 2.89. The Balaban J connectivity index is 1.51. The van der Waals surface area contributed by atoms with Crippen LogP contribution in [-0.2, 0) is 0 Å². The van der Waals surface area contributed by atoms with E-state index in [4.69, 9.17) is 21.7 Å². The van der Waals surface area contributed by atoms with Crippen LogP contribution in [0, 0.1) is 5.92 Å². The summed E-state index contributed by atoms with van der Waals surface area (Å²) in [6.07, 6.45) is 3.80. The van der Waals surface area contributed by atoms with E-state index < -0.39 is 0 Å². The molecule has 32 heavy (non-hydrogen) atoms. The van der Waals surface area contributed by atoms with Crippen LogP contribution in [0.15, 0.2) is 47.2 Å². The zero-order valence-corrected chi connectivity index (χ0v) is 20.5. The minimum Gasteiger partial charge on any atom is -0.493 e. The van der Waals surface area contributed by atoms with Crippen LogP contribution in [0.3, 0.4) is 0 Å². The maximum absolute atomic E-state index is 6.16. The molecule has 0 unspecified atom stereocenters. The summed E-state index contributed by atoms with van der Waals surface area (Å²) in [5.74, 6) is 2.49. The number of hydrogen-bond acceptors (Lipinski definition) is 6. The first-order valence-corrected chi connectivity index (χ1v) is 11.7. The van der Waals surface area contributed by atoms with Crippen molar-refractivity contribution in [2.75, 3.05) is 44.5 Å². The van der Waals surface area contributed by atoms with E-state index in [-0.39, 0.29) is 0 Å². The molecule has 0 aliphatic carbocycles. The van der Waals surface area contributed by atoms with Gasteiger partial charge in [-0.05, 0) is 85.2 Å². The summed E-state index contributed by atoms with van der Waals surface area (Å²) in [4.78, 5) is 11.2. The number of ether oxygens (including phenoxy) is 2. The number of piperidine rings is 1. The third-order valence-corrected chi connectivity index (χ3v) is 6.48. The monoisotopic (exact) mass is 515 g/mol. The zero-order valence-electron chi connectivity index (χ0n) is 18.1. The predicted octanol–water partition coefficient (Wildman–Crippen LogP) is 4.93. The van der Waals surface area contributed by atoms with Crippen LogP contribution in [0.5, 0.6) is 11.5 Å². The first-order valence-electron chi connectivity index (χ1n) is 10.5. The molecule has 2 aromatic carbocycles. The van der Waals surface area contributed by atoms with Gasteiger partial charge >= 0.3 is 0 Å². The lowest BCUT2D eigenvalue weighted by molar-refractivity contribution is 0.157. The lowest BCUT2D eigenvalue weighted by Crippen LogP contribution is -2.32. The molecule has 1 aromatic heterocycles. The number of thiocarbonyl (C=S) groups is 1. The van der Waals surface area contributed by atoms with Gasteiger partial charge in [0.05, 0.1) is 24.9 Å². The smallest absolute Gasteiger partial charge is 0.176 e. The molecule has 0 atom stereocenters. The van der Waals surface area contributed by atoms with Gasteiger partial charge in [-0.3, -0.25) is 0 Å². The molecule has 4 rings (SSSR count). The van der Waals surface area contributed by atoms with Gasteiger partial charge in [-0.15, -0.1) is 0 Å². The largest absolute Gasteiger partial charge is 0.493 e. The molecule has 3 aromatic rings. The van der Waals surface area contributed by atoms with Crippen LogP contribution in [0.25, 0.3) is 10.9 Å². The number of anilines is 2. The van der Waals surface area contributed by atoms with Crippen LogP contribution in [-0.4, -0.2) is 53.8 Å². The average molecular weight is 516 g/mol. The first-order chi connectivity index (χ1) is 15.5. The summed E-state index contributed by atoms with van der Waals surface area (Å²) in [6, 6.07) is 11.6. The molecule has 2 heterocycles. The topological polar surface area (TPSA) is 71.5 Å². The molecule has 1 fully saturated rings. The van der Waals surface area contributed by atoms with Crippen LogP contribution in [0.4, 0.5) is 11.5 Å². The van der Waals surface area contributed by atoms with Crippen molar-refractivity contribution in [2.45, 2.75) is 12.8 Å². The third kappa shape index (κ3) is 5.46. The van der Waals surface area contributed by atoms with E-state index in [1.165, 1.54) is 6.33 Å². The maximum Gasteiger partial charge on any atom is 0.176 e. The fraction of sp³-hybridized carbons (Fsp3) is 0.348. The molecular weight excluding hydrogens is 490 g/mol. The van der Waals surface area contributed by atoms with Crippen molar-refractivity contribution in [1.82, 2.24) is 14.9 Å². The molecule has 168 valence electrons. The van der Waals surface area contributed by atoms with Crippen molar-refractivity contribution in [3.05, 3.63) is 47.2 Å². The van der Waals surface area contributed by atoms with Gasteiger partial charge in [0.25, 0.3) is 0 Å². The van der Waals surface area contributed by atoms with Crippen LogP contribution in [0.2, 0.25) is 0 Å². The SMILES string of the molecule is COc1cc2c(NC(=S)Nc3ccccc3Br)ncnc2cc1OCC1CCN(C)CC1. The number of fused-ring (bicyclic) bond motifs is 1. The molecule has 7 nitrogen and oxygen atoms in total. The van der Waals surface area contributed by atoms with Crippen molar-refractivity contribution in [1.29, 1.82) is 0 Å². The van der Waals surface area contributed by atoms with Crippen molar-refractivity contribution in [3.8, 4) is 11.5 Å². The Morgan fingerprint density at radius 3 is 2.69 bits per heavy atom. The van der Waals surface area contributed by atoms with Crippen molar-refractivity contribution in [2.24, 2.45) is 5.92 Å². The highest BCUT2D eigenvalue weighted by Crippen LogP contribution is 2.34.